The highest BCUT2D eigenvalue weighted by Gasteiger charge is 2.29. The molecule has 0 fully saturated rings. The lowest BCUT2D eigenvalue weighted by Crippen LogP contribution is -2.04. The van der Waals surface area contributed by atoms with Gasteiger partial charge in [-0.15, -0.1) is 0 Å². The minimum Gasteiger partial charge on any atom is -0.389 e. The number of benzene rings is 2. The van der Waals surface area contributed by atoms with Crippen molar-refractivity contribution in [1.29, 1.82) is 0 Å². The summed E-state index contributed by atoms with van der Waals surface area (Å²) in [6, 6.07) is 12.6. The van der Waals surface area contributed by atoms with Crippen LogP contribution in [0.15, 0.2) is 48.5 Å². The van der Waals surface area contributed by atoms with E-state index in [-0.39, 0.29) is 0 Å². The summed E-state index contributed by atoms with van der Waals surface area (Å²) in [6.45, 7) is 1.69. The molecule has 1 atom stereocenters. The van der Waals surface area contributed by atoms with Crippen LogP contribution in [0.5, 0.6) is 0 Å². The zero-order valence-electron chi connectivity index (χ0n) is 11.0. The van der Waals surface area contributed by atoms with E-state index < -0.39 is 17.8 Å². The third kappa shape index (κ3) is 3.61. The van der Waals surface area contributed by atoms with E-state index in [9.17, 15) is 18.3 Å². The van der Waals surface area contributed by atoms with Gasteiger partial charge < -0.3 is 5.11 Å². The number of alkyl halides is 3. The van der Waals surface area contributed by atoms with Crippen molar-refractivity contribution in [2.24, 2.45) is 0 Å². The number of aliphatic hydroxyl groups is 1. The summed E-state index contributed by atoms with van der Waals surface area (Å²) in [5.74, 6) is 0. The fourth-order valence-electron chi connectivity index (χ4n) is 1.96. The first-order chi connectivity index (χ1) is 9.36. The van der Waals surface area contributed by atoms with Crippen molar-refractivity contribution in [2.45, 2.75) is 25.6 Å². The molecule has 4 heteroatoms. The molecule has 0 heterocycles. The van der Waals surface area contributed by atoms with E-state index in [4.69, 9.17) is 0 Å². The molecule has 0 aromatic heterocycles. The van der Waals surface area contributed by atoms with Crippen LogP contribution in [0.4, 0.5) is 13.2 Å². The highest BCUT2D eigenvalue weighted by atomic mass is 19.4. The Balaban J connectivity index is 2.10. The zero-order valence-corrected chi connectivity index (χ0v) is 11.0. The smallest absolute Gasteiger partial charge is 0.389 e. The number of aliphatic hydroxyl groups excluding tert-OH is 1. The van der Waals surface area contributed by atoms with Gasteiger partial charge in [0.1, 0.15) is 0 Å². The summed E-state index contributed by atoms with van der Waals surface area (Å²) < 4.78 is 37.3. The van der Waals surface area contributed by atoms with Crippen LogP contribution >= 0.6 is 0 Å². The van der Waals surface area contributed by atoms with Gasteiger partial charge in [0, 0.05) is 0 Å². The van der Waals surface area contributed by atoms with Crippen LogP contribution < -0.4 is 0 Å². The molecule has 0 saturated carbocycles. The van der Waals surface area contributed by atoms with Crippen LogP contribution in [0.1, 0.15) is 35.3 Å². The first-order valence-electron chi connectivity index (χ1n) is 6.29. The van der Waals surface area contributed by atoms with E-state index >= 15 is 0 Å². The molecule has 2 aromatic rings. The highest BCUT2D eigenvalue weighted by Crippen LogP contribution is 2.29. The minimum absolute atomic E-state index is 0.518. The van der Waals surface area contributed by atoms with Crippen LogP contribution in [0.2, 0.25) is 0 Å². The average molecular weight is 280 g/mol. The predicted molar refractivity (Wildman–Crippen MR) is 71.3 cm³/mol. The van der Waals surface area contributed by atoms with Gasteiger partial charge in [-0.2, -0.15) is 13.2 Å². The van der Waals surface area contributed by atoms with E-state index in [1.807, 2.05) is 24.3 Å². The van der Waals surface area contributed by atoms with Crippen LogP contribution in [0, 0.1) is 0 Å². The molecule has 2 rings (SSSR count). The Labute approximate surface area is 115 Å². The number of hydrogen-bond acceptors (Lipinski definition) is 1. The second-order valence-corrected chi connectivity index (χ2v) is 4.79. The highest BCUT2D eigenvalue weighted by molar-refractivity contribution is 5.31. The van der Waals surface area contributed by atoms with Crippen LogP contribution in [0.3, 0.4) is 0 Å². The van der Waals surface area contributed by atoms with Crippen LogP contribution in [-0.4, -0.2) is 5.11 Å². The fourth-order valence-corrected chi connectivity index (χ4v) is 1.96. The van der Waals surface area contributed by atoms with E-state index in [1.54, 1.807) is 6.92 Å². The molecule has 1 unspecified atom stereocenters. The molecule has 0 bridgehead atoms. The normalized spacial score (nSPS) is 13.2. The maximum absolute atomic E-state index is 12.4. The average Bonchev–Trinajstić information content (AvgIpc) is 2.39. The molecule has 0 aliphatic rings. The molecule has 1 N–H and O–H groups in total. The quantitative estimate of drug-likeness (QED) is 0.886. The van der Waals surface area contributed by atoms with Gasteiger partial charge in [-0.3, -0.25) is 0 Å². The fraction of sp³-hybridized carbons (Fsp3) is 0.250. The first kappa shape index (κ1) is 14.6. The second kappa shape index (κ2) is 5.67. The monoisotopic (exact) mass is 280 g/mol. The largest absolute Gasteiger partial charge is 0.416 e. The molecule has 2 aromatic carbocycles. The first-order valence-corrected chi connectivity index (χ1v) is 6.29. The van der Waals surface area contributed by atoms with Gasteiger partial charge in [-0.05, 0) is 42.2 Å². The number of hydrogen-bond donors (Lipinski definition) is 1. The lowest BCUT2D eigenvalue weighted by Gasteiger charge is -2.09. The van der Waals surface area contributed by atoms with Crippen molar-refractivity contribution in [2.75, 3.05) is 0 Å². The van der Waals surface area contributed by atoms with Gasteiger partial charge in [0.05, 0.1) is 11.7 Å². The molecule has 106 valence electrons. The summed E-state index contributed by atoms with van der Waals surface area (Å²) in [6.07, 6.45) is -4.24. The zero-order chi connectivity index (χ0) is 14.8. The van der Waals surface area contributed by atoms with E-state index in [0.717, 1.165) is 28.8 Å². The Morgan fingerprint density at radius 3 is 1.75 bits per heavy atom. The minimum atomic E-state index is -4.29. The standard InChI is InChI=1S/C16H15F3O/c1-11(20)14-6-2-12(3-7-14)10-13-4-8-15(9-5-13)16(17,18)19/h2-9,11,20H,10H2,1H3. The third-order valence-electron chi connectivity index (χ3n) is 3.15. The number of rotatable bonds is 3. The molecule has 0 amide bonds. The van der Waals surface area contributed by atoms with Gasteiger partial charge in [0.15, 0.2) is 0 Å². The third-order valence-corrected chi connectivity index (χ3v) is 3.15. The SMILES string of the molecule is CC(O)c1ccc(Cc2ccc(C(F)(F)F)cc2)cc1. The van der Waals surface area contributed by atoms with E-state index in [0.29, 0.717) is 6.42 Å². The van der Waals surface area contributed by atoms with Gasteiger partial charge in [0.25, 0.3) is 0 Å². The Morgan fingerprint density at radius 2 is 1.35 bits per heavy atom. The molecule has 0 saturated heterocycles. The maximum atomic E-state index is 12.4. The summed E-state index contributed by atoms with van der Waals surface area (Å²) in [4.78, 5) is 0. The van der Waals surface area contributed by atoms with Crippen molar-refractivity contribution in [3.8, 4) is 0 Å². The van der Waals surface area contributed by atoms with E-state index in [2.05, 4.69) is 0 Å². The molecule has 0 aliphatic carbocycles. The molecule has 0 aliphatic heterocycles. The van der Waals surface area contributed by atoms with Gasteiger partial charge in [0.2, 0.25) is 0 Å². The lowest BCUT2D eigenvalue weighted by molar-refractivity contribution is -0.137. The Hall–Kier alpha value is -1.81. The molecular formula is C16H15F3O. The predicted octanol–water partition coefficient (Wildman–Crippen LogP) is 4.35. The van der Waals surface area contributed by atoms with Crippen molar-refractivity contribution >= 4 is 0 Å². The summed E-state index contributed by atoms with van der Waals surface area (Å²) in [5.41, 5.74) is 2.00. The van der Waals surface area contributed by atoms with Crippen molar-refractivity contribution in [1.82, 2.24) is 0 Å². The van der Waals surface area contributed by atoms with Crippen molar-refractivity contribution in [3.05, 3.63) is 70.8 Å². The molecule has 0 radical (unpaired) electrons. The lowest BCUT2D eigenvalue weighted by atomic mass is 10.0. The molecule has 0 spiro atoms. The van der Waals surface area contributed by atoms with Gasteiger partial charge in [-0.1, -0.05) is 36.4 Å². The molecule has 1 nitrogen and oxygen atoms in total. The van der Waals surface area contributed by atoms with E-state index in [1.165, 1.54) is 12.1 Å². The summed E-state index contributed by atoms with van der Waals surface area (Å²) >= 11 is 0. The number of halogens is 3. The van der Waals surface area contributed by atoms with Gasteiger partial charge >= 0.3 is 6.18 Å². The van der Waals surface area contributed by atoms with Crippen LogP contribution in [-0.2, 0) is 12.6 Å². The van der Waals surface area contributed by atoms with Crippen molar-refractivity contribution < 1.29 is 18.3 Å². The maximum Gasteiger partial charge on any atom is 0.416 e. The van der Waals surface area contributed by atoms with Gasteiger partial charge in [-0.25, -0.2) is 0 Å². The van der Waals surface area contributed by atoms with Crippen molar-refractivity contribution in [3.63, 3.8) is 0 Å². The Bertz CT molecular complexity index is 554. The Morgan fingerprint density at radius 1 is 0.900 bits per heavy atom. The summed E-state index contributed by atoms with van der Waals surface area (Å²) in [5, 5.41) is 9.40. The Kier molecular flexibility index (Phi) is 4.14. The topological polar surface area (TPSA) is 20.2 Å². The summed E-state index contributed by atoms with van der Waals surface area (Å²) in [7, 11) is 0. The molecule has 20 heavy (non-hydrogen) atoms. The molecular weight excluding hydrogens is 265 g/mol. The second-order valence-electron chi connectivity index (χ2n) is 4.79. The van der Waals surface area contributed by atoms with Crippen LogP contribution in [0.25, 0.3) is 0 Å².